The third kappa shape index (κ3) is 3.55. The van der Waals surface area contributed by atoms with Gasteiger partial charge >= 0.3 is 0 Å². The van der Waals surface area contributed by atoms with Gasteiger partial charge in [0.05, 0.1) is 0 Å². The maximum atomic E-state index is 5.64. The van der Waals surface area contributed by atoms with Crippen LogP contribution in [-0.2, 0) is 12.8 Å². The van der Waals surface area contributed by atoms with Crippen LogP contribution in [0, 0.1) is 6.92 Å². The molecule has 1 aromatic carbocycles. The standard InChI is InChI=1S/C14H17N3/c1-11-9-10-16-14(17-11)4-2-3-12-5-7-13(15)8-6-12/h5-10H,2-4,15H2,1H3. The van der Waals surface area contributed by atoms with Crippen LogP contribution >= 0.6 is 0 Å². The minimum absolute atomic E-state index is 0.816. The Morgan fingerprint density at radius 2 is 1.82 bits per heavy atom. The van der Waals surface area contributed by atoms with Crippen molar-refractivity contribution < 1.29 is 0 Å². The molecule has 0 amide bonds. The maximum Gasteiger partial charge on any atom is 0.128 e. The molecule has 3 heteroatoms. The first-order valence-corrected chi connectivity index (χ1v) is 5.87. The van der Waals surface area contributed by atoms with Crippen molar-refractivity contribution in [2.75, 3.05) is 5.73 Å². The molecule has 0 fully saturated rings. The molecule has 0 aliphatic rings. The van der Waals surface area contributed by atoms with E-state index >= 15 is 0 Å². The lowest BCUT2D eigenvalue weighted by Crippen LogP contribution is -1.97. The zero-order chi connectivity index (χ0) is 12.1. The largest absolute Gasteiger partial charge is 0.399 e. The molecular weight excluding hydrogens is 210 g/mol. The van der Waals surface area contributed by atoms with Gasteiger partial charge in [-0.2, -0.15) is 0 Å². The molecule has 0 radical (unpaired) electrons. The lowest BCUT2D eigenvalue weighted by atomic mass is 10.1. The van der Waals surface area contributed by atoms with E-state index in [9.17, 15) is 0 Å². The number of aromatic nitrogens is 2. The Bertz CT molecular complexity index is 477. The summed E-state index contributed by atoms with van der Waals surface area (Å²) in [4.78, 5) is 8.64. The van der Waals surface area contributed by atoms with Crippen molar-refractivity contribution >= 4 is 5.69 Å². The van der Waals surface area contributed by atoms with E-state index in [-0.39, 0.29) is 0 Å². The van der Waals surface area contributed by atoms with Gasteiger partial charge < -0.3 is 5.73 Å². The van der Waals surface area contributed by atoms with Gasteiger partial charge in [-0.05, 0) is 43.5 Å². The van der Waals surface area contributed by atoms with Crippen LogP contribution in [0.25, 0.3) is 0 Å². The second kappa shape index (κ2) is 5.43. The van der Waals surface area contributed by atoms with Gasteiger partial charge in [0.2, 0.25) is 0 Å². The predicted octanol–water partition coefficient (Wildman–Crippen LogP) is 2.54. The average molecular weight is 227 g/mol. The van der Waals surface area contributed by atoms with Gasteiger partial charge in [0.15, 0.2) is 0 Å². The number of nitrogen functional groups attached to an aromatic ring is 1. The molecule has 1 heterocycles. The highest BCUT2D eigenvalue weighted by molar-refractivity contribution is 5.39. The Morgan fingerprint density at radius 1 is 1.06 bits per heavy atom. The molecule has 0 saturated heterocycles. The van der Waals surface area contributed by atoms with Gasteiger partial charge in [-0.15, -0.1) is 0 Å². The van der Waals surface area contributed by atoms with Gasteiger partial charge in [-0.3, -0.25) is 0 Å². The highest BCUT2D eigenvalue weighted by atomic mass is 14.9. The summed E-state index contributed by atoms with van der Waals surface area (Å²) >= 11 is 0. The van der Waals surface area contributed by atoms with Gasteiger partial charge in [0.25, 0.3) is 0 Å². The number of nitrogens with two attached hydrogens (primary N) is 1. The summed E-state index contributed by atoms with van der Waals surface area (Å²) in [7, 11) is 0. The minimum Gasteiger partial charge on any atom is -0.399 e. The molecule has 2 N–H and O–H groups in total. The summed E-state index contributed by atoms with van der Waals surface area (Å²) in [5.74, 6) is 0.931. The second-order valence-electron chi connectivity index (χ2n) is 4.21. The molecule has 2 aromatic rings. The van der Waals surface area contributed by atoms with Crippen LogP contribution < -0.4 is 5.73 Å². The molecule has 0 saturated carbocycles. The van der Waals surface area contributed by atoms with Crippen LogP contribution in [0.2, 0.25) is 0 Å². The van der Waals surface area contributed by atoms with Crippen LogP contribution in [0.15, 0.2) is 36.5 Å². The summed E-state index contributed by atoms with van der Waals surface area (Å²) in [6, 6.07) is 9.96. The highest BCUT2D eigenvalue weighted by Crippen LogP contribution is 2.09. The topological polar surface area (TPSA) is 51.8 Å². The number of benzene rings is 1. The minimum atomic E-state index is 0.816. The van der Waals surface area contributed by atoms with E-state index in [0.29, 0.717) is 0 Å². The maximum absolute atomic E-state index is 5.64. The quantitative estimate of drug-likeness (QED) is 0.817. The number of hydrogen-bond donors (Lipinski definition) is 1. The first-order chi connectivity index (χ1) is 8.24. The smallest absolute Gasteiger partial charge is 0.128 e. The first-order valence-electron chi connectivity index (χ1n) is 5.87. The fourth-order valence-electron chi connectivity index (χ4n) is 1.76. The van der Waals surface area contributed by atoms with Crippen molar-refractivity contribution in [1.29, 1.82) is 0 Å². The molecule has 0 bridgehead atoms. The third-order valence-corrected chi connectivity index (χ3v) is 2.69. The molecule has 0 aliphatic heterocycles. The van der Waals surface area contributed by atoms with Crippen molar-refractivity contribution in [3.05, 3.63) is 53.6 Å². The van der Waals surface area contributed by atoms with E-state index in [1.807, 2.05) is 31.3 Å². The highest BCUT2D eigenvalue weighted by Gasteiger charge is 1.98. The molecule has 0 atom stereocenters. The molecule has 1 aromatic heterocycles. The zero-order valence-corrected chi connectivity index (χ0v) is 10.1. The van der Waals surface area contributed by atoms with Crippen LogP contribution in [0.5, 0.6) is 0 Å². The Morgan fingerprint density at radius 3 is 2.53 bits per heavy atom. The summed E-state index contributed by atoms with van der Waals surface area (Å²) in [6.45, 7) is 1.99. The monoisotopic (exact) mass is 227 g/mol. The SMILES string of the molecule is Cc1ccnc(CCCc2ccc(N)cc2)n1. The summed E-state index contributed by atoms with van der Waals surface area (Å²) in [6.07, 6.45) is 4.85. The van der Waals surface area contributed by atoms with E-state index in [4.69, 9.17) is 5.73 Å². The van der Waals surface area contributed by atoms with E-state index in [2.05, 4.69) is 22.1 Å². The number of hydrogen-bond acceptors (Lipinski definition) is 3. The molecule has 0 unspecified atom stereocenters. The van der Waals surface area contributed by atoms with Crippen molar-refractivity contribution in [2.24, 2.45) is 0 Å². The fourth-order valence-corrected chi connectivity index (χ4v) is 1.76. The van der Waals surface area contributed by atoms with E-state index in [1.54, 1.807) is 0 Å². The summed E-state index contributed by atoms with van der Waals surface area (Å²) < 4.78 is 0. The fraction of sp³-hybridized carbons (Fsp3) is 0.286. The van der Waals surface area contributed by atoms with Gasteiger partial charge in [0, 0.05) is 24.0 Å². The van der Waals surface area contributed by atoms with Crippen LogP contribution in [0.1, 0.15) is 23.5 Å². The van der Waals surface area contributed by atoms with E-state index in [1.165, 1.54) is 5.56 Å². The summed E-state index contributed by atoms with van der Waals surface area (Å²) in [5.41, 5.74) is 8.80. The predicted molar refractivity (Wildman–Crippen MR) is 69.6 cm³/mol. The molecule has 0 aliphatic carbocycles. The van der Waals surface area contributed by atoms with Crippen molar-refractivity contribution in [1.82, 2.24) is 9.97 Å². The normalized spacial score (nSPS) is 10.4. The molecule has 0 spiro atoms. The molecule has 2 rings (SSSR count). The number of nitrogens with zero attached hydrogens (tertiary/aromatic N) is 2. The molecule has 3 nitrogen and oxygen atoms in total. The van der Waals surface area contributed by atoms with Crippen LogP contribution in [0.3, 0.4) is 0 Å². The summed E-state index contributed by atoms with van der Waals surface area (Å²) in [5, 5.41) is 0. The number of rotatable bonds is 4. The van der Waals surface area contributed by atoms with E-state index < -0.39 is 0 Å². The second-order valence-corrected chi connectivity index (χ2v) is 4.21. The Kier molecular flexibility index (Phi) is 3.70. The van der Waals surface area contributed by atoms with Crippen molar-refractivity contribution in [3.8, 4) is 0 Å². The zero-order valence-electron chi connectivity index (χ0n) is 10.1. The van der Waals surface area contributed by atoms with E-state index in [0.717, 1.165) is 36.5 Å². The number of aryl methyl sites for hydroxylation is 3. The molecular formula is C14H17N3. The Labute approximate surface area is 102 Å². The average Bonchev–Trinajstić information content (AvgIpc) is 2.32. The van der Waals surface area contributed by atoms with Crippen LogP contribution in [-0.4, -0.2) is 9.97 Å². The van der Waals surface area contributed by atoms with Gasteiger partial charge in [-0.1, -0.05) is 12.1 Å². The van der Waals surface area contributed by atoms with Gasteiger partial charge in [0.1, 0.15) is 5.82 Å². The van der Waals surface area contributed by atoms with Crippen molar-refractivity contribution in [3.63, 3.8) is 0 Å². The molecule has 17 heavy (non-hydrogen) atoms. The Balaban J connectivity index is 1.85. The van der Waals surface area contributed by atoms with Crippen molar-refractivity contribution in [2.45, 2.75) is 26.2 Å². The lowest BCUT2D eigenvalue weighted by molar-refractivity contribution is 0.765. The number of anilines is 1. The van der Waals surface area contributed by atoms with Crippen LogP contribution in [0.4, 0.5) is 5.69 Å². The third-order valence-electron chi connectivity index (χ3n) is 2.69. The first kappa shape index (κ1) is 11.6. The Hall–Kier alpha value is -1.90. The van der Waals surface area contributed by atoms with Gasteiger partial charge in [-0.25, -0.2) is 9.97 Å². The lowest BCUT2D eigenvalue weighted by Gasteiger charge is -2.02. The molecule has 88 valence electrons.